The molecule has 0 N–H and O–H groups in total. The maximum absolute atomic E-state index is 12.7. The van der Waals surface area contributed by atoms with Crippen molar-refractivity contribution >= 4 is 17.4 Å². The second-order valence-electron chi connectivity index (χ2n) is 6.10. The SMILES string of the molecule is COc1cccc(C(=O)N2CCN(c3ncc([N+](=O)[O-])cc3C)CC2)c1. The lowest BCUT2D eigenvalue weighted by atomic mass is 10.1. The number of methoxy groups -OCH3 is 1. The minimum atomic E-state index is -0.450. The summed E-state index contributed by atoms with van der Waals surface area (Å²) in [5.74, 6) is 1.35. The molecule has 1 aromatic heterocycles. The summed E-state index contributed by atoms with van der Waals surface area (Å²) in [6, 6.07) is 8.64. The molecule has 1 aliphatic heterocycles. The van der Waals surface area contributed by atoms with E-state index >= 15 is 0 Å². The lowest BCUT2D eigenvalue weighted by Crippen LogP contribution is -2.49. The summed E-state index contributed by atoms with van der Waals surface area (Å²) in [5.41, 5.74) is 1.34. The second-order valence-corrected chi connectivity index (χ2v) is 6.10. The number of hydrogen-bond donors (Lipinski definition) is 0. The highest BCUT2D eigenvalue weighted by Gasteiger charge is 2.24. The molecular formula is C18H20N4O4. The number of ether oxygens (including phenoxy) is 1. The maximum Gasteiger partial charge on any atom is 0.287 e. The van der Waals surface area contributed by atoms with Gasteiger partial charge in [-0.15, -0.1) is 0 Å². The van der Waals surface area contributed by atoms with Gasteiger partial charge in [0.25, 0.3) is 11.6 Å². The standard InChI is InChI=1S/C18H20N4O4/c1-13-10-15(22(24)25)12-19-17(13)20-6-8-21(9-7-20)18(23)14-4-3-5-16(11-14)26-2/h3-5,10-12H,6-9H2,1-2H3. The van der Waals surface area contributed by atoms with Gasteiger partial charge < -0.3 is 14.5 Å². The number of anilines is 1. The highest BCUT2D eigenvalue weighted by molar-refractivity contribution is 5.94. The van der Waals surface area contributed by atoms with E-state index in [1.54, 1.807) is 36.3 Å². The average molecular weight is 356 g/mol. The number of pyridine rings is 1. The van der Waals surface area contributed by atoms with E-state index in [0.717, 1.165) is 11.4 Å². The number of amides is 1. The van der Waals surface area contributed by atoms with Crippen molar-refractivity contribution in [3.8, 4) is 5.75 Å². The van der Waals surface area contributed by atoms with Crippen molar-refractivity contribution in [2.24, 2.45) is 0 Å². The molecule has 0 saturated carbocycles. The Labute approximate surface area is 151 Å². The monoisotopic (exact) mass is 356 g/mol. The predicted molar refractivity (Wildman–Crippen MR) is 96.7 cm³/mol. The molecule has 0 bridgehead atoms. The van der Waals surface area contributed by atoms with E-state index < -0.39 is 4.92 Å². The quantitative estimate of drug-likeness (QED) is 0.617. The number of nitro groups is 1. The summed E-state index contributed by atoms with van der Waals surface area (Å²) in [4.78, 5) is 31.1. The molecule has 8 heteroatoms. The lowest BCUT2D eigenvalue weighted by Gasteiger charge is -2.36. The molecule has 0 unspecified atom stereocenters. The molecule has 2 aromatic rings. The van der Waals surface area contributed by atoms with E-state index in [-0.39, 0.29) is 11.6 Å². The molecule has 136 valence electrons. The molecule has 1 saturated heterocycles. The van der Waals surface area contributed by atoms with Gasteiger partial charge in [-0.2, -0.15) is 0 Å². The molecule has 0 spiro atoms. The molecule has 1 fully saturated rings. The minimum absolute atomic E-state index is 0.0157. The van der Waals surface area contributed by atoms with Crippen molar-refractivity contribution < 1.29 is 14.5 Å². The summed E-state index contributed by atoms with van der Waals surface area (Å²) < 4.78 is 5.17. The first kappa shape index (κ1) is 17.7. The van der Waals surface area contributed by atoms with E-state index in [1.807, 2.05) is 6.92 Å². The summed E-state index contributed by atoms with van der Waals surface area (Å²) in [6.45, 7) is 4.19. The number of carbonyl (C=O) groups excluding carboxylic acids is 1. The van der Waals surface area contributed by atoms with Gasteiger partial charge in [0.15, 0.2) is 0 Å². The number of aromatic nitrogens is 1. The fourth-order valence-electron chi connectivity index (χ4n) is 3.04. The fraction of sp³-hybridized carbons (Fsp3) is 0.333. The van der Waals surface area contributed by atoms with Gasteiger partial charge in [-0.1, -0.05) is 6.07 Å². The first-order valence-electron chi connectivity index (χ1n) is 8.29. The third-order valence-electron chi connectivity index (χ3n) is 4.43. The van der Waals surface area contributed by atoms with Crippen LogP contribution in [0, 0.1) is 17.0 Å². The Kier molecular flexibility index (Phi) is 5.01. The van der Waals surface area contributed by atoms with Crippen molar-refractivity contribution in [1.29, 1.82) is 0 Å². The number of piperazine rings is 1. The first-order chi connectivity index (χ1) is 12.5. The summed E-state index contributed by atoms with van der Waals surface area (Å²) in [7, 11) is 1.57. The van der Waals surface area contributed by atoms with E-state index in [4.69, 9.17) is 4.74 Å². The van der Waals surface area contributed by atoms with Crippen molar-refractivity contribution in [3.05, 3.63) is 57.8 Å². The third-order valence-corrected chi connectivity index (χ3v) is 4.43. The number of nitrogens with zero attached hydrogens (tertiary/aromatic N) is 4. The Hall–Kier alpha value is -3.16. The zero-order chi connectivity index (χ0) is 18.7. The van der Waals surface area contributed by atoms with Crippen molar-refractivity contribution in [3.63, 3.8) is 0 Å². The van der Waals surface area contributed by atoms with Crippen LogP contribution >= 0.6 is 0 Å². The Bertz CT molecular complexity index is 832. The molecule has 2 heterocycles. The lowest BCUT2D eigenvalue weighted by molar-refractivity contribution is -0.385. The zero-order valence-corrected chi connectivity index (χ0v) is 14.7. The number of benzene rings is 1. The largest absolute Gasteiger partial charge is 0.497 e. The summed E-state index contributed by atoms with van der Waals surface area (Å²) in [6.07, 6.45) is 1.27. The van der Waals surface area contributed by atoms with Crippen molar-refractivity contribution in [2.45, 2.75) is 6.92 Å². The Morgan fingerprint density at radius 2 is 1.96 bits per heavy atom. The smallest absolute Gasteiger partial charge is 0.287 e. The van der Waals surface area contributed by atoms with Gasteiger partial charge in [-0.25, -0.2) is 4.98 Å². The molecule has 1 aliphatic rings. The van der Waals surface area contributed by atoms with Gasteiger partial charge in [0.1, 0.15) is 17.8 Å². The van der Waals surface area contributed by atoms with Crippen LogP contribution in [0.2, 0.25) is 0 Å². The van der Waals surface area contributed by atoms with Gasteiger partial charge >= 0.3 is 0 Å². The summed E-state index contributed by atoms with van der Waals surface area (Å²) >= 11 is 0. The Morgan fingerprint density at radius 3 is 2.58 bits per heavy atom. The molecule has 26 heavy (non-hydrogen) atoms. The van der Waals surface area contributed by atoms with Gasteiger partial charge in [-0.05, 0) is 30.7 Å². The van der Waals surface area contributed by atoms with Gasteiger partial charge in [0.05, 0.1) is 12.0 Å². The van der Waals surface area contributed by atoms with Crippen LogP contribution in [-0.2, 0) is 0 Å². The van der Waals surface area contributed by atoms with E-state index in [9.17, 15) is 14.9 Å². The van der Waals surface area contributed by atoms with Crippen LogP contribution in [0.5, 0.6) is 5.75 Å². The fourth-order valence-corrected chi connectivity index (χ4v) is 3.04. The third kappa shape index (κ3) is 3.58. The highest BCUT2D eigenvalue weighted by atomic mass is 16.6. The van der Waals surface area contributed by atoms with Crippen LogP contribution in [0.3, 0.4) is 0 Å². The number of hydrogen-bond acceptors (Lipinski definition) is 6. The molecule has 1 amide bonds. The normalized spacial score (nSPS) is 14.2. The number of carbonyl (C=O) groups is 1. The summed E-state index contributed by atoms with van der Waals surface area (Å²) in [5, 5.41) is 10.8. The van der Waals surface area contributed by atoms with Crippen LogP contribution in [0.1, 0.15) is 15.9 Å². The molecule has 0 radical (unpaired) electrons. The van der Waals surface area contributed by atoms with Gasteiger partial charge in [0.2, 0.25) is 0 Å². The average Bonchev–Trinajstić information content (AvgIpc) is 2.67. The minimum Gasteiger partial charge on any atom is -0.497 e. The van der Waals surface area contributed by atoms with E-state index in [2.05, 4.69) is 9.88 Å². The van der Waals surface area contributed by atoms with Crippen LogP contribution in [-0.4, -0.2) is 54.0 Å². The van der Waals surface area contributed by atoms with Crippen molar-refractivity contribution in [1.82, 2.24) is 9.88 Å². The van der Waals surface area contributed by atoms with E-state index in [1.165, 1.54) is 12.3 Å². The maximum atomic E-state index is 12.7. The van der Waals surface area contributed by atoms with Crippen LogP contribution in [0.25, 0.3) is 0 Å². The van der Waals surface area contributed by atoms with Crippen LogP contribution in [0.4, 0.5) is 11.5 Å². The number of rotatable bonds is 4. The van der Waals surface area contributed by atoms with Crippen LogP contribution < -0.4 is 9.64 Å². The van der Waals surface area contributed by atoms with Crippen molar-refractivity contribution in [2.75, 3.05) is 38.2 Å². The molecule has 0 atom stereocenters. The molecule has 0 aliphatic carbocycles. The zero-order valence-electron chi connectivity index (χ0n) is 14.7. The second kappa shape index (κ2) is 7.38. The Balaban J connectivity index is 1.67. The molecular weight excluding hydrogens is 336 g/mol. The molecule has 8 nitrogen and oxygen atoms in total. The molecule has 3 rings (SSSR count). The van der Waals surface area contributed by atoms with Crippen LogP contribution in [0.15, 0.2) is 36.5 Å². The topological polar surface area (TPSA) is 88.8 Å². The van der Waals surface area contributed by atoms with Gasteiger partial charge in [0, 0.05) is 37.8 Å². The molecule has 1 aromatic carbocycles. The Morgan fingerprint density at radius 1 is 1.23 bits per heavy atom. The van der Waals surface area contributed by atoms with E-state index in [0.29, 0.717) is 37.5 Å². The number of aryl methyl sites for hydroxylation is 1. The first-order valence-corrected chi connectivity index (χ1v) is 8.29. The highest BCUT2D eigenvalue weighted by Crippen LogP contribution is 2.23. The van der Waals surface area contributed by atoms with Gasteiger partial charge in [-0.3, -0.25) is 14.9 Å². The predicted octanol–water partition coefficient (Wildman–Crippen LogP) is 2.27.